The summed E-state index contributed by atoms with van der Waals surface area (Å²) in [6, 6.07) is 9.50. The molecule has 5 heteroatoms. The quantitative estimate of drug-likeness (QED) is 0.885. The molecule has 0 unspecified atom stereocenters. The van der Waals surface area contributed by atoms with Crippen LogP contribution >= 0.6 is 0 Å². The Morgan fingerprint density at radius 2 is 1.86 bits per heavy atom. The van der Waals surface area contributed by atoms with Crippen LogP contribution in [0.4, 0.5) is 8.78 Å². The number of halogens is 2. The predicted octanol–water partition coefficient (Wildman–Crippen LogP) is 3.44. The molecule has 0 aliphatic heterocycles. The number of rotatable bonds is 6. The maximum atomic E-state index is 13.1. The summed E-state index contributed by atoms with van der Waals surface area (Å²) < 4.78 is 31.3. The third-order valence-corrected chi connectivity index (χ3v) is 2.83. The molecule has 0 saturated heterocycles. The van der Waals surface area contributed by atoms with E-state index in [1.807, 2.05) is 18.2 Å². The number of hydrogen-bond acceptors (Lipinski definition) is 3. The molecule has 0 radical (unpaired) electrons. The summed E-state index contributed by atoms with van der Waals surface area (Å²) >= 11 is 0. The van der Waals surface area contributed by atoms with Gasteiger partial charge in [-0.3, -0.25) is 4.98 Å². The largest absolute Gasteiger partial charge is 0.487 e. The Hall–Kier alpha value is -2.01. The van der Waals surface area contributed by atoms with Gasteiger partial charge in [-0.2, -0.15) is 0 Å². The van der Waals surface area contributed by atoms with E-state index < -0.39 is 11.6 Å². The molecule has 1 aromatic heterocycles. The van der Waals surface area contributed by atoms with E-state index in [0.29, 0.717) is 12.6 Å². The summed E-state index contributed by atoms with van der Waals surface area (Å²) in [6.07, 6.45) is 0. The van der Waals surface area contributed by atoms with Gasteiger partial charge < -0.3 is 10.1 Å². The van der Waals surface area contributed by atoms with Gasteiger partial charge in [0.25, 0.3) is 0 Å². The topological polar surface area (TPSA) is 34.1 Å². The van der Waals surface area contributed by atoms with Crippen molar-refractivity contribution >= 4 is 0 Å². The third kappa shape index (κ3) is 4.79. The molecule has 0 amide bonds. The molecule has 0 spiro atoms. The van der Waals surface area contributed by atoms with Crippen LogP contribution in [0.25, 0.3) is 0 Å². The van der Waals surface area contributed by atoms with Crippen molar-refractivity contribution in [3.63, 3.8) is 0 Å². The molecule has 0 atom stereocenters. The van der Waals surface area contributed by atoms with E-state index in [9.17, 15) is 8.78 Å². The van der Waals surface area contributed by atoms with Crippen molar-refractivity contribution in [1.82, 2.24) is 10.3 Å². The van der Waals surface area contributed by atoms with Crippen LogP contribution < -0.4 is 10.1 Å². The van der Waals surface area contributed by atoms with E-state index in [1.54, 1.807) is 0 Å². The lowest BCUT2D eigenvalue weighted by Gasteiger charge is -2.10. The Labute approximate surface area is 123 Å². The molecule has 0 aliphatic carbocycles. The molecule has 0 aliphatic rings. The fourth-order valence-corrected chi connectivity index (χ4v) is 1.74. The summed E-state index contributed by atoms with van der Waals surface area (Å²) in [5, 5.41) is 3.28. The van der Waals surface area contributed by atoms with Crippen LogP contribution in [0, 0.1) is 11.6 Å². The van der Waals surface area contributed by atoms with Gasteiger partial charge in [-0.1, -0.05) is 19.9 Å². The summed E-state index contributed by atoms with van der Waals surface area (Å²) in [4.78, 5) is 4.44. The second-order valence-electron chi connectivity index (χ2n) is 5.02. The molecule has 1 aromatic carbocycles. The van der Waals surface area contributed by atoms with E-state index in [2.05, 4.69) is 24.1 Å². The Bertz CT molecular complexity index is 603. The van der Waals surface area contributed by atoms with Crippen molar-refractivity contribution in [3.8, 4) is 5.75 Å². The standard InChI is InChI=1S/C16H18F2N2O/c1-11(2)19-9-12-4-3-5-13(20-12)10-21-14-6-7-15(17)16(18)8-14/h3-8,11,19H,9-10H2,1-2H3. The van der Waals surface area contributed by atoms with Gasteiger partial charge in [-0.15, -0.1) is 0 Å². The zero-order valence-electron chi connectivity index (χ0n) is 12.1. The fraction of sp³-hybridized carbons (Fsp3) is 0.312. The van der Waals surface area contributed by atoms with Crippen LogP contribution in [0.15, 0.2) is 36.4 Å². The highest BCUT2D eigenvalue weighted by Crippen LogP contribution is 2.16. The highest BCUT2D eigenvalue weighted by atomic mass is 19.2. The molecule has 1 heterocycles. The lowest BCUT2D eigenvalue weighted by Crippen LogP contribution is -2.22. The van der Waals surface area contributed by atoms with Gasteiger partial charge in [0, 0.05) is 18.7 Å². The SMILES string of the molecule is CC(C)NCc1cccc(COc2ccc(F)c(F)c2)n1. The highest BCUT2D eigenvalue weighted by molar-refractivity contribution is 5.24. The number of aromatic nitrogens is 1. The van der Waals surface area contributed by atoms with Gasteiger partial charge in [-0.05, 0) is 24.3 Å². The molecule has 1 N–H and O–H groups in total. The Balaban J connectivity index is 1.96. The summed E-state index contributed by atoms with van der Waals surface area (Å²) in [7, 11) is 0. The maximum Gasteiger partial charge on any atom is 0.162 e. The molecule has 0 fully saturated rings. The van der Waals surface area contributed by atoms with Crippen molar-refractivity contribution < 1.29 is 13.5 Å². The van der Waals surface area contributed by atoms with Crippen LogP contribution in [0.2, 0.25) is 0 Å². The summed E-state index contributed by atoms with van der Waals surface area (Å²) in [5.74, 6) is -1.53. The van der Waals surface area contributed by atoms with E-state index in [-0.39, 0.29) is 12.4 Å². The molecule has 2 rings (SSSR count). The summed E-state index contributed by atoms with van der Waals surface area (Å²) in [5.41, 5.74) is 1.65. The molecule has 0 saturated carbocycles. The number of ether oxygens (including phenoxy) is 1. The van der Waals surface area contributed by atoms with Crippen molar-refractivity contribution in [2.45, 2.75) is 33.0 Å². The van der Waals surface area contributed by atoms with Gasteiger partial charge in [0.1, 0.15) is 12.4 Å². The minimum atomic E-state index is -0.921. The Morgan fingerprint density at radius 3 is 2.57 bits per heavy atom. The van der Waals surface area contributed by atoms with Crippen LogP contribution in [-0.2, 0) is 13.2 Å². The Morgan fingerprint density at radius 1 is 1.10 bits per heavy atom. The van der Waals surface area contributed by atoms with Crippen molar-refractivity contribution in [2.24, 2.45) is 0 Å². The molecule has 2 aromatic rings. The normalized spacial score (nSPS) is 10.9. The van der Waals surface area contributed by atoms with Gasteiger partial charge in [0.15, 0.2) is 11.6 Å². The number of benzene rings is 1. The molecule has 112 valence electrons. The number of hydrogen-bond donors (Lipinski definition) is 1. The minimum Gasteiger partial charge on any atom is -0.487 e. The van der Waals surface area contributed by atoms with E-state index in [0.717, 1.165) is 23.5 Å². The molecular formula is C16H18F2N2O. The lowest BCUT2D eigenvalue weighted by molar-refractivity contribution is 0.298. The minimum absolute atomic E-state index is 0.209. The monoisotopic (exact) mass is 292 g/mol. The Kier molecular flexibility index (Phi) is 5.22. The average molecular weight is 292 g/mol. The number of nitrogens with one attached hydrogen (secondary N) is 1. The lowest BCUT2D eigenvalue weighted by atomic mass is 10.3. The van der Waals surface area contributed by atoms with Gasteiger partial charge in [0.05, 0.1) is 11.4 Å². The predicted molar refractivity (Wildman–Crippen MR) is 76.9 cm³/mol. The highest BCUT2D eigenvalue weighted by Gasteiger charge is 2.04. The van der Waals surface area contributed by atoms with Crippen LogP contribution in [0.5, 0.6) is 5.75 Å². The fourth-order valence-electron chi connectivity index (χ4n) is 1.74. The van der Waals surface area contributed by atoms with Crippen LogP contribution in [0.1, 0.15) is 25.2 Å². The molecule has 3 nitrogen and oxygen atoms in total. The third-order valence-electron chi connectivity index (χ3n) is 2.83. The van der Waals surface area contributed by atoms with Crippen molar-refractivity contribution in [2.75, 3.05) is 0 Å². The second kappa shape index (κ2) is 7.13. The number of pyridine rings is 1. The molecular weight excluding hydrogens is 274 g/mol. The molecule has 0 bridgehead atoms. The second-order valence-corrected chi connectivity index (χ2v) is 5.02. The van der Waals surface area contributed by atoms with Gasteiger partial charge >= 0.3 is 0 Å². The zero-order valence-corrected chi connectivity index (χ0v) is 12.1. The summed E-state index contributed by atoms with van der Waals surface area (Å²) in [6.45, 7) is 5.02. The smallest absolute Gasteiger partial charge is 0.162 e. The maximum absolute atomic E-state index is 13.1. The van der Waals surface area contributed by atoms with Crippen LogP contribution in [0.3, 0.4) is 0 Å². The van der Waals surface area contributed by atoms with E-state index in [4.69, 9.17) is 4.74 Å². The molecule has 21 heavy (non-hydrogen) atoms. The average Bonchev–Trinajstić information content (AvgIpc) is 2.47. The van der Waals surface area contributed by atoms with Crippen molar-refractivity contribution in [3.05, 3.63) is 59.4 Å². The van der Waals surface area contributed by atoms with Gasteiger partial charge in [-0.25, -0.2) is 8.78 Å². The van der Waals surface area contributed by atoms with Crippen LogP contribution in [-0.4, -0.2) is 11.0 Å². The van der Waals surface area contributed by atoms with E-state index >= 15 is 0 Å². The number of nitrogens with zero attached hydrogens (tertiary/aromatic N) is 1. The first-order chi connectivity index (χ1) is 10.0. The van der Waals surface area contributed by atoms with Gasteiger partial charge in [0.2, 0.25) is 0 Å². The van der Waals surface area contributed by atoms with E-state index in [1.165, 1.54) is 6.07 Å². The first-order valence-electron chi connectivity index (χ1n) is 6.80. The van der Waals surface area contributed by atoms with Crippen molar-refractivity contribution in [1.29, 1.82) is 0 Å². The first kappa shape index (κ1) is 15.4. The zero-order chi connectivity index (χ0) is 15.2. The first-order valence-corrected chi connectivity index (χ1v) is 6.80.